The third-order valence-electron chi connectivity index (χ3n) is 5.20. The van der Waals surface area contributed by atoms with Gasteiger partial charge in [0.25, 0.3) is 0 Å². The number of fused-ring (bicyclic) bond motifs is 3. The van der Waals surface area contributed by atoms with E-state index in [9.17, 15) is 4.79 Å². The Labute approximate surface area is 118 Å². The molecule has 3 nitrogen and oxygen atoms in total. The average molecular weight is 269 g/mol. The molecule has 1 aromatic carbocycles. The van der Waals surface area contributed by atoms with Crippen molar-refractivity contribution in [1.29, 1.82) is 0 Å². The second-order valence-electron chi connectivity index (χ2n) is 6.30. The Morgan fingerprint density at radius 3 is 2.85 bits per heavy atom. The topological polar surface area (TPSA) is 42.1 Å². The minimum Gasteiger partial charge on any atom is -0.465 e. The van der Waals surface area contributed by atoms with Gasteiger partial charge in [-0.1, -0.05) is 6.42 Å². The van der Waals surface area contributed by atoms with Gasteiger partial charge in [0, 0.05) is 22.5 Å². The standard InChI is InChI=1S/C17H19NO2/c1-20-17(19)12-4-5-15-13(8-12)9-16(18-15)14-7-10-2-3-11(14)6-10/h4-5,8-11,14,18H,2-3,6-7H2,1H3/t10-,11+,14+/m0/s1. The highest BCUT2D eigenvalue weighted by atomic mass is 16.5. The highest BCUT2D eigenvalue weighted by molar-refractivity contribution is 5.94. The number of benzene rings is 1. The van der Waals surface area contributed by atoms with Crippen LogP contribution in [0.3, 0.4) is 0 Å². The second kappa shape index (κ2) is 4.37. The number of hydrogen-bond donors (Lipinski definition) is 1. The molecule has 2 saturated carbocycles. The molecule has 104 valence electrons. The molecular weight excluding hydrogens is 250 g/mol. The Kier molecular flexibility index (Phi) is 2.62. The first-order valence-electron chi connectivity index (χ1n) is 7.45. The molecule has 4 rings (SSSR count). The number of aromatic nitrogens is 1. The molecular formula is C17H19NO2. The first-order valence-corrected chi connectivity index (χ1v) is 7.45. The Morgan fingerprint density at radius 1 is 1.25 bits per heavy atom. The van der Waals surface area contributed by atoms with Crippen molar-refractivity contribution in [3.63, 3.8) is 0 Å². The van der Waals surface area contributed by atoms with Crippen LogP contribution in [0, 0.1) is 11.8 Å². The van der Waals surface area contributed by atoms with Gasteiger partial charge in [0.05, 0.1) is 12.7 Å². The molecule has 0 amide bonds. The van der Waals surface area contributed by atoms with Gasteiger partial charge < -0.3 is 9.72 Å². The minimum atomic E-state index is -0.269. The molecule has 2 aliphatic carbocycles. The van der Waals surface area contributed by atoms with Crippen molar-refractivity contribution < 1.29 is 9.53 Å². The van der Waals surface area contributed by atoms with Gasteiger partial charge in [-0.15, -0.1) is 0 Å². The van der Waals surface area contributed by atoms with E-state index in [1.54, 1.807) is 0 Å². The highest BCUT2D eigenvalue weighted by Gasteiger charge is 2.40. The van der Waals surface area contributed by atoms with Crippen LogP contribution in [0.5, 0.6) is 0 Å². The lowest BCUT2D eigenvalue weighted by Crippen LogP contribution is -2.08. The molecule has 0 unspecified atom stereocenters. The van der Waals surface area contributed by atoms with Gasteiger partial charge in [-0.05, 0) is 55.4 Å². The Morgan fingerprint density at radius 2 is 2.15 bits per heavy atom. The molecule has 1 heterocycles. The molecule has 0 saturated heterocycles. The molecule has 3 heteroatoms. The smallest absolute Gasteiger partial charge is 0.337 e. The lowest BCUT2D eigenvalue weighted by atomic mass is 9.86. The zero-order valence-corrected chi connectivity index (χ0v) is 11.7. The van der Waals surface area contributed by atoms with Crippen molar-refractivity contribution in [2.75, 3.05) is 7.11 Å². The van der Waals surface area contributed by atoms with E-state index < -0.39 is 0 Å². The Hall–Kier alpha value is -1.77. The van der Waals surface area contributed by atoms with Crippen LogP contribution in [0.4, 0.5) is 0 Å². The third-order valence-corrected chi connectivity index (χ3v) is 5.20. The van der Waals surface area contributed by atoms with Crippen LogP contribution in [0.25, 0.3) is 10.9 Å². The normalized spacial score (nSPS) is 28.1. The SMILES string of the molecule is COC(=O)c1ccc2[nH]c([C@@H]3C[C@H]4CC[C@@H]3C4)cc2c1. The fourth-order valence-corrected chi connectivity index (χ4v) is 4.23. The number of H-pyrrole nitrogens is 1. The predicted octanol–water partition coefficient (Wildman–Crippen LogP) is 3.86. The summed E-state index contributed by atoms with van der Waals surface area (Å²) < 4.78 is 4.78. The lowest BCUT2D eigenvalue weighted by Gasteiger charge is -2.20. The zero-order valence-electron chi connectivity index (χ0n) is 11.7. The molecule has 1 N–H and O–H groups in total. The van der Waals surface area contributed by atoms with Crippen molar-refractivity contribution in [2.45, 2.75) is 31.6 Å². The number of carbonyl (C=O) groups excluding carboxylic acids is 1. The van der Waals surface area contributed by atoms with E-state index in [2.05, 4.69) is 11.1 Å². The van der Waals surface area contributed by atoms with Crippen LogP contribution in [-0.2, 0) is 4.74 Å². The summed E-state index contributed by atoms with van der Waals surface area (Å²) in [6.07, 6.45) is 5.56. The first-order chi connectivity index (χ1) is 9.74. The van der Waals surface area contributed by atoms with Gasteiger partial charge in [-0.3, -0.25) is 0 Å². The number of esters is 1. The quantitative estimate of drug-likeness (QED) is 0.841. The van der Waals surface area contributed by atoms with E-state index in [-0.39, 0.29) is 5.97 Å². The number of rotatable bonds is 2. The molecule has 3 atom stereocenters. The van der Waals surface area contributed by atoms with Gasteiger partial charge in [-0.2, -0.15) is 0 Å². The van der Waals surface area contributed by atoms with Gasteiger partial charge >= 0.3 is 5.97 Å². The van der Waals surface area contributed by atoms with E-state index in [0.29, 0.717) is 11.5 Å². The third kappa shape index (κ3) is 1.76. The molecule has 0 radical (unpaired) electrons. The number of aromatic amines is 1. The van der Waals surface area contributed by atoms with Crippen molar-refractivity contribution in [1.82, 2.24) is 4.98 Å². The van der Waals surface area contributed by atoms with Crippen LogP contribution >= 0.6 is 0 Å². The lowest BCUT2D eigenvalue weighted by molar-refractivity contribution is 0.0601. The van der Waals surface area contributed by atoms with E-state index in [0.717, 1.165) is 22.7 Å². The molecule has 0 spiro atoms. The van der Waals surface area contributed by atoms with E-state index in [1.165, 1.54) is 38.5 Å². The molecule has 1 aromatic heterocycles. The minimum absolute atomic E-state index is 0.269. The maximum atomic E-state index is 11.6. The summed E-state index contributed by atoms with van der Waals surface area (Å²) in [6, 6.07) is 7.97. The summed E-state index contributed by atoms with van der Waals surface area (Å²) in [5, 5.41) is 1.12. The summed E-state index contributed by atoms with van der Waals surface area (Å²) in [7, 11) is 1.42. The number of hydrogen-bond acceptors (Lipinski definition) is 2. The van der Waals surface area contributed by atoms with Crippen molar-refractivity contribution >= 4 is 16.9 Å². The Bertz CT molecular complexity index is 673. The van der Waals surface area contributed by atoms with Crippen molar-refractivity contribution in [3.8, 4) is 0 Å². The number of nitrogens with one attached hydrogen (secondary N) is 1. The summed E-state index contributed by atoms with van der Waals surface area (Å²) >= 11 is 0. The first kappa shape index (κ1) is 12.0. The molecule has 2 fully saturated rings. The fraction of sp³-hybridized carbons (Fsp3) is 0.471. The number of ether oxygens (including phenoxy) is 1. The zero-order chi connectivity index (χ0) is 13.7. The van der Waals surface area contributed by atoms with Crippen LogP contribution in [0.2, 0.25) is 0 Å². The summed E-state index contributed by atoms with van der Waals surface area (Å²) in [5.41, 5.74) is 3.10. The van der Waals surface area contributed by atoms with Crippen LogP contribution in [0.15, 0.2) is 24.3 Å². The van der Waals surface area contributed by atoms with Crippen LogP contribution in [-0.4, -0.2) is 18.1 Å². The highest BCUT2D eigenvalue weighted by Crippen LogP contribution is 2.52. The molecule has 0 aliphatic heterocycles. The second-order valence-corrected chi connectivity index (χ2v) is 6.30. The largest absolute Gasteiger partial charge is 0.465 e. The molecule has 2 bridgehead atoms. The number of carbonyl (C=O) groups is 1. The Balaban J connectivity index is 1.70. The molecule has 2 aromatic rings. The summed E-state index contributed by atoms with van der Waals surface area (Å²) in [6.45, 7) is 0. The van der Waals surface area contributed by atoms with Gasteiger partial charge in [0.1, 0.15) is 0 Å². The number of methoxy groups -OCH3 is 1. The summed E-state index contributed by atoms with van der Waals surface area (Å²) in [5.74, 6) is 2.24. The maximum absolute atomic E-state index is 11.6. The predicted molar refractivity (Wildman–Crippen MR) is 77.8 cm³/mol. The molecule has 20 heavy (non-hydrogen) atoms. The monoisotopic (exact) mass is 269 g/mol. The van der Waals surface area contributed by atoms with Crippen molar-refractivity contribution in [3.05, 3.63) is 35.5 Å². The van der Waals surface area contributed by atoms with Crippen molar-refractivity contribution in [2.24, 2.45) is 11.8 Å². The van der Waals surface area contributed by atoms with E-state index in [1.807, 2.05) is 18.2 Å². The van der Waals surface area contributed by atoms with E-state index in [4.69, 9.17) is 4.74 Å². The van der Waals surface area contributed by atoms with Gasteiger partial charge in [0.15, 0.2) is 0 Å². The maximum Gasteiger partial charge on any atom is 0.337 e. The summed E-state index contributed by atoms with van der Waals surface area (Å²) in [4.78, 5) is 15.1. The molecule has 2 aliphatic rings. The van der Waals surface area contributed by atoms with Crippen LogP contribution < -0.4 is 0 Å². The van der Waals surface area contributed by atoms with Gasteiger partial charge in [0.2, 0.25) is 0 Å². The average Bonchev–Trinajstić information content (AvgIpc) is 3.18. The fourth-order valence-electron chi connectivity index (χ4n) is 4.23. The van der Waals surface area contributed by atoms with Gasteiger partial charge in [-0.25, -0.2) is 4.79 Å². The van der Waals surface area contributed by atoms with Crippen LogP contribution in [0.1, 0.15) is 47.7 Å². The van der Waals surface area contributed by atoms with E-state index >= 15 is 0 Å².